The van der Waals surface area contributed by atoms with Gasteiger partial charge in [0.05, 0.1) is 5.02 Å². The summed E-state index contributed by atoms with van der Waals surface area (Å²) in [5.41, 5.74) is 6.40. The number of ether oxygens (including phenoxy) is 1. The molecule has 0 saturated carbocycles. The van der Waals surface area contributed by atoms with Crippen LogP contribution in [0.2, 0.25) is 5.02 Å². The molecule has 0 aromatic heterocycles. The van der Waals surface area contributed by atoms with E-state index in [-0.39, 0.29) is 5.91 Å². The first-order valence-corrected chi connectivity index (χ1v) is 5.33. The van der Waals surface area contributed by atoms with Gasteiger partial charge in [0.2, 0.25) is 0 Å². The standard InChI is InChI=1S/C11H15ClN2O2/c1-7(11(15)14-2)16-10-4-3-8(6-13)5-9(10)12/h3-5,7H,6,13H2,1-2H3,(H,14,15). The SMILES string of the molecule is CNC(=O)C(C)Oc1ccc(CN)cc1Cl. The molecular weight excluding hydrogens is 228 g/mol. The van der Waals surface area contributed by atoms with E-state index in [0.717, 1.165) is 5.56 Å². The highest BCUT2D eigenvalue weighted by molar-refractivity contribution is 6.32. The minimum atomic E-state index is -0.578. The Morgan fingerprint density at radius 2 is 2.31 bits per heavy atom. The number of hydrogen-bond donors (Lipinski definition) is 2. The fourth-order valence-electron chi connectivity index (χ4n) is 1.21. The number of amides is 1. The van der Waals surface area contributed by atoms with Crippen LogP contribution in [-0.4, -0.2) is 19.1 Å². The van der Waals surface area contributed by atoms with E-state index in [4.69, 9.17) is 22.1 Å². The van der Waals surface area contributed by atoms with Gasteiger partial charge >= 0.3 is 0 Å². The van der Waals surface area contributed by atoms with Crippen LogP contribution < -0.4 is 15.8 Å². The molecule has 1 unspecified atom stereocenters. The van der Waals surface area contributed by atoms with Crippen molar-refractivity contribution < 1.29 is 9.53 Å². The second-order valence-electron chi connectivity index (χ2n) is 3.34. The lowest BCUT2D eigenvalue weighted by Gasteiger charge is -2.14. The Balaban J connectivity index is 2.78. The summed E-state index contributed by atoms with van der Waals surface area (Å²) in [4.78, 5) is 11.3. The van der Waals surface area contributed by atoms with Crippen molar-refractivity contribution in [3.8, 4) is 5.75 Å². The minimum absolute atomic E-state index is 0.195. The third kappa shape index (κ3) is 3.12. The fourth-order valence-corrected chi connectivity index (χ4v) is 1.46. The summed E-state index contributed by atoms with van der Waals surface area (Å²) in [5, 5.41) is 2.96. The molecule has 1 aromatic rings. The number of halogens is 1. The first-order chi connectivity index (χ1) is 7.58. The fraction of sp³-hybridized carbons (Fsp3) is 0.364. The van der Waals surface area contributed by atoms with Crippen LogP contribution in [0.1, 0.15) is 12.5 Å². The van der Waals surface area contributed by atoms with E-state index < -0.39 is 6.10 Å². The molecule has 16 heavy (non-hydrogen) atoms. The molecule has 0 saturated heterocycles. The highest BCUT2D eigenvalue weighted by atomic mass is 35.5. The Labute approximate surface area is 99.7 Å². The van der Waals surface area contributed by atoms with E-state index in [0.29, 0.717) is 17.3 Å². The zero-order chi connectivity index (χ0) is 12.1. The molecule has 0 aliphatic carbocycles. The van der Waals surface area contributed by atoms with Gasteiger partial charge in [-0.05, 0) is 24.6 Å². The molecule has 0 bridgehead atoms. The van der Waals surface area contributed by atoms with Crippen molar-refractivity contribution in [3.05, 3.63) is 28.8 Å². The number of carbonyl (C=O) groups is 1. The number of nitrogens with one attached hydrogen (secondary N) is 1. The van der Waals surface area contributed by atoms with Crippen LogP contribution in [0.4, 0.5) is 0 Å². The van der Waals surface area contributed by atoms with Crippen molar-refractivity contribution in [3.63, 3.8) is 0 Å². The number of carbonyl (C=O) groups excluding carboxylic acids is 1. The lowest BCUT2D eigenvalue weighted by atomic mass is 10.2. The molecule has 0 radical (unpaired) electrons. The van der Waals surface area contributed by atoms with Crippen molar-refractivity contribution in [2.45, 2.75) is 19.6 Å². The summed E-state index contributed by atoms with van der Waals surface area (Å²) in [7, 11) is 1.56. The summed E-state index contributed by atoms with van der Waals surface area (Å²) >= 11 is 5.99. The number of likely N-dealkylation sites (N-methyl/N-ethyl adjacent to an activating group) is 1. The zero-order valence-corrected chi connectivity index (χ0v) is 10.0. The van der Waals surface area contributed by atoms with E-state index in [2.05, 4.69) is 5.32 Å². The maximum atomic E-state index is 11.3. The predicted molar refractivity (Wildman–Crippen MR) is 63.5 cm³/mol. The van der Waals surface area contributed by atoms with Crippen LogP contribution in [0.3, 0.4) is 0 Å². The monoisotopic (exact) mass is 242 g/mol. The molecule has 1 amide bonds. The van der Waals surface area contributed by atoms with Crippen LogP contribution in [0.5, 0.6) is 5.75 Å². The summed E-state index contributed by atoms with van der Waals surface area (Å²) in [6.45, 7) is 2.08. The molecule has 3 N–H and O–H groups in total. The van der Waals surface area contributed by atoms with Crippen LogP contribution in [0.25, 0.3) is 0 Å². The minimum Gasteiger partial charge on any atom is -0.479 e. The summed E-state index contributed by atoms with van der Waals surface area (Å²) in [6, 6.07) is 5.26. The van der Waals surface area contributed by atoms with Crippen molar-refractivity contribution in [2.24, 2.45) is 5.73 Å². The van der Waals surface area contributed by atoms with E-state index in [1.807, 2.05) is 6.07 Å². The molecule has 0 heterocycles. The van der Waals surface area contributed by atoms with E-state index >= 15 is 0 Å². The van der Waals surface area contributed by atoms with Gasteiger partial charge in [0, 0.05) is 13.6 Å². The third-order valence-electron chi connectivity index (χ3n) is 2.15. The van der Waals surface area contributed by atoms with Gasteiger partial charge in [-0.2, -0.15) is 0 Å². The van der Waals surface area contributed by atoms with Gasteiger partial charge in [-0.25, -0.2) is 0 Å². The molecule has 0 aliphatic rings. The first kappa shape index (κ1) is 12.8. The third-order valence-corrected chi connectivity index (χ3v) is 2.45. The van der Waals surface area contributed by atoms with Crippen molar-refractivity contribution in [1.29, 1.82) is 0 Å². The first-order valence-electron chi connectivity index (χ1n) is 4.95. The quantitative estimate of drug-likeness (QED) is 0.837. The van der Waals surface area contributed by atoms with Gasteiger partial charge in [-0.15, -0.1) is 0 Å². The number of hydrogen-bond acceptors (Lipinski definition) is 3. The number of benzene rings is 1. The zero-order valence-electron chi connectivity index (χ0n) is 9.29. The molecule has 0 spiro atoms. The number of rotatable bonds is 4. The van der Waals surface area contributed by atoms with Gasteiger partial charge in [0.25, 0.3) is 5.91 Å². The van der Waals surface area contributed by atoms with Crippen LogP contribution in [-0.2, 0) is 11.3 Å². The Hall–Kier alpha value is -1.26. The molecular formula is C11H15ClN2O2. The molecule has 0 aliphatic heterocycles. The van der Waals surface area contributed by atoms with Crippen LogP contribution >= 0.6 is 11.6 Å². The Morgan fingerprint density at radius 1 is 1.62 bits per heavy atom. The van der Waals surface area contributed by atoms with Crippen LogP contribution in [0.15, 0.2) is 18.2 Å². The lowest BCUT2D eigenvalue weighted by Crippen LogP contribution is -2.33. The van der Waals surface area contributed by atoms with E-state index in [9.17, 15) is 4.79 Å². The van der Waals surface area contributed by atoms with Crippen LogP contribution in [0, 0.1) is 0 Å². The lowest BCUT2D eigenvalue weighted by molar-refractivity contribution is -0.126. The Morgan fingerprint density at radius 3 is 2.81 bits per heavy atom. The highest BCUT2D eigenvalue weighted by Gasteiger charge is 2.14. The summed E-state index contributed by atoms with van der Waals surface area (Å²) in [6.07, 6.45) is -0.578. The smallest absolute Gasteiger partial charge is 0.260 e. The second-order valence-corrected chi connectivity index (χ2v) is 3.75. The molecule has 1 aromatic carbocycles. The van der Waals surface area contributed by atoms with Gasteiger partial charge in [0.15, 0.2) is 6.10 Å². The normalized spacial score (nSPS) is 12.0. The molecule has 88 valence electrons. The largest absolute Gasteiger partial charge is 0.479 e. The average Bonchev–Trinajstić information content (AvgIpc) is 2.30. The van der Waals surface area contributed by atoms with Gasteiger partial charge in [-0.3, -0.25) is 4.79 Å². The van der Waals surface area contributed by atoms with Crippen molar-refractivity contribution >= 4 is 17.5 Å². The highest BCUT2D eigenvalue weighted by Crippen LogP contribution is 2.26. The van der Waals surface area contributed by atoms with Gasteiger partial charge in [-0.1, -0.05) is 17.7 Å². The topological polar surface area (TPSA) is 64.3 Å². The average molecular weight is 243 g/mol. The molecule has 1 atom stereocenters. The molecule has 5 heteroatoms. The summed E-state index contributed by atoms with van der Waals surface area (Å²) in [5.74, 6) is 0.286. The van der Waals surface area contributed by atoms with Gasteiger partial charge < -0.3 is 15.8 Å². The Kier molecular flexibility index (Phi) is 4.58. The van der Waals surface area contributed by atoms with Gasteiger partial charge in [0.1, 0.15) is 5.75 Å². The predicted octanol–water partition coefficient (Wildman–Crippen LogP) is 1.31. The summed E-state index contributed by atoms with van der Waals surface area (Å²) < 4.78 is 5.41. The maximum Gasteiger partial charge on any atom is 0.260 e. The number of nitrogens with two attached hydrogens (primary N) is 1. The molecule has 4 nitrogen and oxygen atoms in total. The Bertz CT molecular complexity index is 382. The van der Waals surface area contributed by atoms with Crippen molar-refractivity contribution in [2.75, 3.05) is 7.05 Å². The van der Waals surface area contributed by atoms with Crippen molar-refractivity contribution in [1.82, 2.24) is 5.32 Å². The second kappa shape index (κ2) is 5.72. The van der Waals surface area contributed by atoms with E-state index in [1.54, 1.807) is 26.1 Å². The van der Waals surface area contributed by atoms with E-state index in [1.165, 1.54) is 0 Å². The maximum absolute atomic E-state index is 11.3. The molecule has 1 rings (SSSR count). The molecule has 0 fully saturated rings.